The Morgan fingerprint density at radius 1 is 1.07 bits per heavy atom. The highest BCUT2D eigenvalue weighted by molar-refractivity contribution is 5.82. The molecule has 152 valence electrons. The van der Waals surface area contributed by atoms with Crippen molar-refractivity contribution < 1.29 is 19.1 Å². The monoisotopic (exact) mass is 384 g/mol. The van der Waals surface area contributed by atoms with E-state index >= 15 is 0 Å². The van der Waals surface area contributed by atoms with Gasteiger partial charge >= 0.3 is 11.9 Å². The number of esters is 2. The molecule has 28 heavy (non-hydrogen) atoms. The van der Waals surface area contributed by atoms with Crippen molar-refractivity contribution >= 4 is 11.9 Å². The summed E-state index contributed by atoms with van der Waals surface area (Å²) < 4.78 is 11.7. The van der Waals surface area contributed by atoms with Gasteiger partial charge in [-0.25, -0.2) is 9.59 Å². The standard InChI is InChI=1S/C24H32O4/c1-4-19(25)27-13-23(3,28-20(26)5-2)24-12-17(16-7-6-8-18(16)24)21-14-9-10-15(11-14)22(21)24/h4-5,14-18,21-22H,1-2,6-13H2,3H3. The Labute approximate surface area is 167 Å². The number of hydrogen-bond acceptors (Lipinski definition) is 4. The SMILES string of the molecule is C=CC(=O)OCC(C)(OC(=O)C=C)C12CC(C3CCCC31)C1C3CCC(C3)C12. The van der Waals surface area contributed by atoms with Crippen LogP contribution in [0.5, 0.6) is 0 Å². The zero-order chi connectivity index (χ0) is 19.7. The third-order valence-corrected chi connectivity index (χ3v) is 9.56. The molecule has 4 nitrogen and oxygen atoms in total. The van der Waals surface area contributed by atoms with E-state index in [4.69, 9.17) is 9.47 Å². The second kappa shape index (κ2) is 6.21. The fourth-order valence-corrected chi connectivity index (χ4v) is 9.11. The lowest BCUT2D eigenvalue weighted by Crippen LogP contribution is -2.60. The van der Waals surface area contributed by atoms with Crippen molar-refractivity contribution in [2.45, 2.75) is 57.5 Å². The molecular weight excluding hydrogens is 352 g/mol. The largest absolute Gasteiger partial charge is 0.458 e. The molecule has 0 amide bonds. The average molecular weight is 385 g/mol. The lowest BCUT2D eigenvalue weighted by Gasteiger charge is -2.55. The van der Waals surface area contributed by atoms with Gasteiger partial charge in [-0.2, -0.15) is 0 Å². The second-order valence-electron chi connectivity index (χ2n) is 10.2. The summed E-state index contributed by atoms with van der Waals surface area (Å²) in [5.74, 6) is 4.27. The smallest absolute Gasteiger partial charge is 0.330 e. The zero-order valence-electron chi connectivity index (χ0n) is 16.9. The molecular formula is C24H32O4. The molecule has 5 rings (SSSR count). The van der Waals surface area contributed by atoms with Gasteiger partial charge < -0.3 is 9.47 Å². The molecule has 0 aliphatic heterocycles. The van der Waals surface area contributed by atoms with Crippen LogP contribution in [0.1, 0.15) is 51.9 Å². The van der Waals surface area contributed by atoms with Crippen molar-refractivity contribution in [1.29, 1.82) is 0 Å². The maximum Gasteiger partial charge on any atom is 0.330 e. The summed E-state index contributed by atoms with van der Waals surface area (Å²) in [6.07, 6.45) is 11.4. The van der Waals surface area contributed by atoms with E-state index in [0.29, 0.717) is 11.8 Å². The number of hydrogen-bond donors (Lipinski definition) is 0. The Morgan fingerprint density at radius 2 is 1.82 bits per heavy atom. The highest BCUT2D eigenvalue weighted by Gasteiger charge is 2.78. The van der Waals surface area contributed by atoms with Gasteiger partial charge in [0.15, 0.2) is 0 Å². The first-order valence-electron chi connectivity index (χ1n) is 11.1. The zero-order valence-corrected chi connectivity index (χ0v) is 16.9. The van der Waals surface area contributed by atoms with Gasteiger partial charge in [-0.05, 0) is 86.9 Å². The van der Waals surface area contributed by atoms with Gasteiger partial charge in [0.05, 0.1) is 0 Å². The maximum absolute atomic E-state index is 12.4. The Hall–Kier alpha value is -1.58. The average Bonchev–Trinajstić information content (AvgIpc) is 3.47. The van der Waals surface area contributed by atoms with E-state index < -0.39 is 17.5 Å². The predicted molar refractivity (Wildman–Crippen MR) is 105 cm³/mol. The predicted octanol–water partition coefficient (Wildman–Crippen LogP) is 4.30. The van der Waals surface area contributed by atoms with E-state index in [1.54, 1.807) is 0 Å². The van der Waals surface area contributed by atoms with Gasteiger partial charge in [-0.15, -0.1) is 0 Å². The van der Waals surface area contributed by atoms with Gasteiger partial charge in [-0.3, -0.25) is 0 Å². The molecule has 9 atom stereocenters. The first kappa shape index (κ1) is 18.4. The summed E-state index contributed by atoms with van der Waals surface area (Å²) in [7, 11) is 0. The lowest BCUT2D eigenvalue weighted by molar-refractivity contribution is -0.206. The summed E-state index contributed by atoms with van der Waals surface area (Å²) in [5.41, 5.74) is -0.869. The van der Waals surface area contributed by atoms with Crippen LogP contribution in [0.15, 0.2) is 25.3 Å². The Morgan fingerprint density at radius 3 is 2.57 bits per heavy atom. The third-order valence-electron chi connectivity index (χ3n) is 9.56. The fraction of sp³-hybridized carbons (Fsp3) is 0.750. The Kier molecular flexibility index (Phi) is 4.09. The van der Waals surface area contributed by atoms with Gasteiger partial charge in [0.2, 0.25) is 0 Å². The molecule has 0 saturated heterocycles. The van der Waals surface area contributed by atoms with E-state index in [1.807, 2.05) is 6.92 Å². The molecule has 0 aromatic rings. The molecule has 5 aliphatic rings. The van der Waals surface area contributed by atoms with Crippen LogP contribution in [-0.2, 0) is 19.1 Å². The molecule has 4 bridgehead atoms. The van der Waals surface area contributed by atoms with Crippen molar-refractivity contribution in [3.8, 4) is 0 Å². The fourth-order valence-electron chi connectivity index (χ4n) is 9.11. The lowest BCUT2D eigenvalue weighted by atomic mass is 9.52. The number of carbonyl (C=O) groups is 2. The van der Waals surface area contributed by atoms with Crippen molar-refractivity contribution in [3.05, 3.63) is 25.3 Å². The first-order chi connectivity index (χ1) is 13.4. The molecule has 0 heterocycles. The number of ether oxygens (including phenoxy) is 2. The molecule has 0 aromatic carbocycles. The summed E-state index contributed by atoms with van der Waals surface area (Å²) in [5, 5.41) is 0. The van der Waals surface area contributed by atoms with E-state index in [-0.39, 0.29) is 12.0 Å². The van der Waals surface area contributed by atoms with Crippen LogP contribution in [0.3, 0.4) is 0 Å². The summed E-state index contributed by atoms with van der Waals surface area (Å²) in [6.45, 7) is 9.29. The van der Waals surface area contributed by atoms with Crippen LogP contribution in [0.25, 0.3) is 0 Å². The molecule has 0 N–H and O–H groups in total. The minimum absolute atomic E-state index is 0.0660. The topological polar surface area (TPSA) is 52.6 Å². The van der Waals surface area contributed by atoms with Gasteiger partial charge in [0.1, 0.15) is 12.2 Å². The molecule has 5 fully saturated rings. The van der Waals surface area contributed by atoms with Crippen LogP contribution in [0, 0.1) is 46.8 Å². The number of rotatable bonds is 6. The normalized spacial score (nSPS) is 46.5. The van der Waals surface area contributed by atoms with Crippen LogP contribution < -0.4 is 0 Å². The van der Waals surface area contributed by atoms with Gasteiger partial charge in [0.25, 0.3) is 0 Å². The van der Waals surface area contributed by atoms with Crippen LogP contribution >= 0.6 is 0 Å². The Balaban J connectivity index is 1.58. The minimum Gasteiger partial charge on any atom is -0.458 e. The molecule has 0 aromatic heterocycles. The van der Waals surface area contributed by atoms with E-state index in [2.05, 4.69) is 13.2 Å². The van der Waals surface area contributed by atoms with Crippen molar-refractivity contribution in [2.75, 3.05) is 6.61 Å². The molecule has 4 heteroatoms. The van der Waals surface area contributed by atoms with Crippen molar-refractivity contribution in [2.24, 2.45) is 46.8 Å². The summed E-state index contributed by atoms with van der Waals surface area (Å²) in [6, 6.07) is 0. The minimum atomic E-state index is -0.803. The van der Waals surface area contributed by atoms with Gasteiger partial charge in [-0.1, -0.05) is 19.6 Å². The molecule has 0 radical (unpaired) electrons. The van der Waals surface area contributed by atoms with Crippen LogP contribution in [0.4, 0.5) is 0 Å². The number of fused-ring (bicyclic) bond motifs is 12. The van der Waals surface area contributed by atoms with Crippen LogP contribution in [0.2, 0.25) is 0 Å². The van der Waals surface area contributed by atoms with Gasteiger partial charge in [0, 0.05) is 17.6 Å². The second-order valence-corrected chi connectivity index (χ2v) is 10.2. The molecule has 5 saturated carbocycles. The highest BCUT2D eigenvalue weighted by atomic mass is 16.6. The highest BCUT2D eigenvalue weighted by Crippen LogP contribution is 2.80. The maximum atomic E-state index is 12.4. The van der Waals surface area contributed by atoms with E-state index in [9.17, 15) is 9.59 Å². The molecule has 0 spiro atoms. The van der Waals surface area contributed by atoms with E-state index in [1.165, 1.54) is 50.7 Å². The molecule has 9 unspecified atom stereocenters. The number of carbonyl (C=O) groups excluding carboxylic acids is 2. The first-order valence-corrected chi connectivity index (χ1v) is 11.1. The summed E-state index contributed by atoms with van der Waals surface area (Å²) >= 11 is 0. The third kappa shape index (κ3) is 2.18. The van der Waals surface area contributed by atoms with Crippen molar-refractivity contribution in [1.82, 2.24) is 0 Å². The molecule has 5 aliphatic carbocycles. The van der Waals surface area contributed by atoms with E-state index in [0.717, 1.165) is 36.0 Å². The Bertz CT molecular complexity index is 728. The quantitative estimate of drug-likeness (QED) is 0.389. The van der Waals surface area contributed by atoms with Crippen molar-refractivity contribution in [3.63, 3.8) is 0 Å². The van der Waals surface area contributed by atoms with Crippen LogP contribution in [-0.4, -0.2) is 24.1 Å². The summed E-state index contributed by atoms with van der Waals surface area (Å²) in [4.78, 5) is 24.3.